The first-order chi connectivity index (χ1) is 13.1. The zero-order valence-corrected chi connectivity index (χ0v) is 15.4. The van der Waals surface area contributed by atoms with E-state index in [-0.39, 0.29) is 16.7 Å². The van der Waals surface area contributed by atoms with E-state index < -0.39 is 0 Å². The second kappa shape index (κ2) is 7.37. The van der Waals surface area contributed by atoms with Crippen LogP contribution in [0.1, 0.15) is 34.8 Å². The molecule has 0 bridgehead atoms. The Morgan fingerprint density at radius 3 is 2.74 bits per heavy atom. The van der Waals surface area contributed by atoms with E-state index in [9.17, 15) is 10.1 Å². The van der Waals surface area contributed by atoms with E-state index in [1.807, 2.05) is 6.07 Å². The Morgan fingerprint density at radius 1 is 1.07 bits per heavy atom. The summed E-state index contributed by atoms with van der Waals surface area (Å²) in [5.41, 5.74) is 4.83. The average molecular weight is 361 g/mol. The number of rotatable bonds is 4. The van der Waals surface area contributed by atoms with E-state index in [1.165, 1.54) is 16.8 Å². The maximum Gasteiger partial charge on any atom is 0.269 e. The quantitative estimate of drug-likeness (QED) is 0.500. The SMILES string of the molecule is Cc1cccc(CN2CCCn3cccc3C2c2cccc([N+](=O)[O-])c2)c1. The van der Waals surface area contributed by atoms with Crippen LogP contribution >= 0.6 is 0 Å². The Morgan fingerprint density at radius 2 is 1.93 bits per heavy atom. The number of nitro groups is 1. The molecule has 1 atom stereocenters. The van der Waals surface area contributed by atoms with Crippen LogP contribution in [-0.4, -0.2) is 20.9 Å². The fourth-order valence-electron chi connectivity index (χ4n) is 4.04. The average Bonchev–Trinajstić information content (AvgIpc) is 3.03. The second-order valence-electron chi connectivity index (χ2n) is 7.19. The predicted octanol–water partition coefficient (Wildman–Crippen LogP) is 4.70. The third kappa shape index (κ3) is 3.64. The minimum Gasteiger partial charge on any atom is -0.350 e. The van der Waals surface area contributed by atoms with Crippen LogP contribution in [0.4, 0.5) is 5.69 Å². The minimum absolute atomic E-state index is 0.00270. The highest BCUT2D eigenvalue weighted by Gasteiger charge is 2.28. The molecule has 138 valence electrons. The van der Waals surface area contributed by atoms with Gasteiger partial charge in [-0.25, -0.2) is 0 Å². The Hall–Kier alpha value is -2.92. The van der Waals surface area contributed by atoms with Crippen molar-refractivity contribution < 1.29 is 4.92 Å². The molecule has 3 aromatic rings. The van der Waals surface area contributed by atoms with Crippen LogP contribution < -0.4 is 0 Å². The van der Waals surface area contributed by atoms with Gasteiger partial charge in [-0.3, -0.25) is 15.0 Å². The molecule has 0 saturated carbocycles. The molecule has 5 heteroatoms. The summed E-state index contributed by atoms with van der Waals surface area (Å²) in [6.07, 6.45) is 3.16. The lowest BCUT2D eigenvalue weighted by atomic mass is 10.00. The van der Waals surface area contributed by atoms with E-state index in [1.54, 1.807) is 18.2 Å². The van der Waals surface area contributed by atoms with Gasteiger partial charge in [-0.2, -0.15) is 0 Å². The van der Waals surface area contributed by atoms with Crippen LogP contribution in [0.2, 0.25) is 0 Å². The zero-order valence-electron chi connectivity index (χ0n) is 15.4. The molecule has 2 aromatic carbocycles. The number of nitrogens with zero attached hydrogens (tertiary/aromatic N) is 3. The molecule has 0 aliphatic carbocycles. The van der Waals surface area contributed by atoms with Crippen LogP contribution in [0, 0.1) is 17.0 Å². The zero-order chi connectivity index (χ0) is 18.8. The summed E-state index contributed by atoms with van der Waals surface area (Å²) in [4.78, 5) is 13.4. The topological polar surface area (TPSA) is 51.3 Å². The Labute approximate surface area is 159 Å². The van der Waals surface area contributed by atoms with Gasteiger partial charge in [-0.15, -0.1) is 0 Å². The van der Waals surface area contributed by atoms with Crippen molar-refractivity contribution in [3.8, 4) is 0 Å². The van der Waals surface area contributed by atoms with Gasteiger partial charge in [0.2, 0.25) is 0 Å². The molecule has 4 rings (SSSR count). The number of aromatic nitrogens is 1. The molecule has 1 aliphatic heterocycles. The van der Waals surface area contributed by atoms with E-state index in [4.69, 9.17) is 0 Å². The molecule has 5 nitrogen and oxygen atoms in total. The number of non-ortho nitro benzene ring substituents is 1. The van der Waals surface area contributed by atoms with Gasteiger partial charge in [0.15, 0.2) is 0 Å². The molecule has 0 spiro atoms. The summed E-state index contributed by atoms with van der Waals surface area (Å²) >= 11 is 0. The smallest absolute Gasteiger partial charge is 0.269 e. The van der Waals surface area contributed by atoms with Crippen molar-refractivity contribution in [3.63, 3.8) is 0 Å². The molecule has 1 unspecified atom stereocenters. The van der Waals surface area contributed by atoms with Crippen LogP contribution in [0.3, 0.4) is 0 Å². The lowest BCUT2D eigenvalue weighted by molar-refractivity contribution is -0.384. The number of hydrogen-bond donors (Lipinski definition) is 0. The van der Waals surface area contributed by atoms with E-state index in [0.717, 1.165) is 31.6 Å². The van der Waals surface area contributed by atoms with E-state index in [2.05, 4.69) is 59.0 Å². The molecular weight excluding hydrogens is 338 g/mol. The second-order valence-corrected chi connectivity index (χ2v) is 7.19. The first-order valence-corrected chi connectivity index (χ1v) is 9.31. The van der Waals surface area contributed by atoms with Crippen molar-refractivity contribution in [2.45, 2.75) is 32.5 Å². The molecule has 0 fully saturated rings. The van der Waals surface area contributed by atoms with Crippen molar-refractivity contribution in [1.82, 2.24) is 9.47 Å². The molecular formula is C22H23N3O2. The highest BCUT2D eigenvalue weighted by molar-refractivity contribution is 5.39. The maximum absolute atomic E-state index is 11.3. The highest BCUT2D eigenvalue weighted by Crippen LogP contribution is 2.34. The van der Waals surface area contributed by atoms with Gasteiger partial charge in [0.05, 0.1) is 11.0 Å². The van der Waals surface area contributed by atoms with Crippen LogP contribution in [0.15, 0.2) is 66.9 Å². The summed E-state index contributed by atoms with van der Waals surface area (Å²) in [5, 5.41) is 11.3. The fourth-order valence-corrected chi connectivity index (χ4v) is 4.04. The van der Waals surface area contributed by atoms with Gasteiger partial charge in [0, 0.05) is 43.7 Å². The summed E-state index contributed by atoms with van der Waals surface area (Å²) in [5.74, 6) is 0. The van der Waals surface area contributed by atoms with Crippen molar-refractivity contribution in [2.24, 2.45) is 0 Å². The van der Waals surface area contributed by atoms with E-state index >= 15 is 0 Å². The number of hydrogen-bond acceptors (Lipinski definition) is 3. The highest BCUT2D eigenvalue weighted by atomic mass is 16.6. The number of aryl methyl sites for hydroxylation is 2. The largest absolute Gasteiger partial charge is 0.350 e. The van der Waals surface area contributed by atoms with Gasteiger partial charge >= 0.3 is 0 Å². The molecule has 0 N–H and O–H groups in total. The molecule has 0 saturated heterocycles. The normalized spacial score (nSPS) is 17.3. The Kier molecular flexibility index (Phi) is 4.77. The number of benzene rings is 2. The van der Waals surface area contributed by atoms with Gasteiger partial charge in [0.25, 0.3) is 5.69 Å². The lowest BCUT2D eigenvalue weighted by Crippen LogP contribution is -2.29. The Bertz CT molecular complexity index is 963. The van der Waals surface area contributed by atoms with Crippen molar-refractivity contribution in [3.05, 3.63) is 99.4 Å². The van der Waals surface area contributed by atoms with E-state index in [0.29, 0.717) is 0 Å². The summed E-state index contributed by atoms with van der Waals surface area (Å²) < 4.78 is 2.28. The van der Waals surface area contributed by atoms with Crippen LogP contribution in [0.25, 0.3) is 0 Å². The summed E-state index contributed by atoms with van der Waals surface area (Å²) in [6, 6.07) is 19.8. The minimum atomic E-state index is -0.315. The Balaban J connectivity index is 1.77. The van der Waals surface area contributed by atoms with Crippen molar-refractivity contribution >= 4 is 5.69 Å². The molecule has 1 aromatic heterocycles. The molecule has 2 heterocycles. The third-order valence-corrected chi connectivity index (χ3v) is 5.22. The number of nitro benzene ring substituents is 1. The van der Waals surface area contributed by atoms with Crippen molar-refractivity contribution in [2.75, 3.05) is 6.54 Å². The summed E-state index contributed by atoms with van der Waals surface area (Å²) in [7, 11) is 0. The standard InChI is InChI=1S/C22H23N3O2/c1-17-6-2-7-18(14-17)16-24-13-5-12-23-11-4-10-21(23)22(24)19-8-3-9-20(15-19)25(26)27/h2-4,6-11,14-15,22H,5,12-13,16H2,1H3. The maximum atomic E-state index is 11.3. The molecule has 0 radical (unpaired) electrons. The molecule has 27 heavy (non-hydrogen) atoms. The monoisotopic (exact) mass is 361 g/mol. The van der Waals surface area contributed by atoms with Gasteiger partial charge < -0.3 is 4.57 Å². The van der Waals surface area contributed by atoms with Gasteiger partial charge in [-0.1, -0.05) is 42.0 Å². The summed E-state index contributed by atoms with van der Waals surface area (Å²) in [6.45, 7) is 4.84. The van der Waals surface area contributed by atoms with Crippen molar-refractivity contribution in [1.29, 1.82) is 0 Å². The molecule has 0 amide bonds. The van der Waals surface area contributed by atoms with Gasteiger partial charge in [-0.05, 0) is 36.6 Å². The first-order valence-electron chi connectivity index (χ1n) is 9.31. The fraction of sp³-hybridized carbons (Fsp3) is 0.273. The van der Waals surface area contributed by atoms with Crippen LogP contribution in [-0.2, 0) is 13.1 Å². The predicted molar refractivity (Wildman–Crippen MR) is 106 cm³/mol. The lowest BCUT2D eigenvalue weighted by Gasteiger charge is -2.30. The van der Waals surface area contributed by atoms with Gasteiger partial charge in [0.1, 0.15) is 0 Å². The number of fused-ring (bicyclic) bond motifs is 1. The molecule has 1 aliphatic rings. The first kappa shape index (κ1) is 17.5. The third-order valence-electron chi connectivity index (χ3n) is 5.22. The van der Waals surface area contributed by atoms with Crippen LogP contribution in [0.5, 0.6) is 0 Å².